The second-order valence-electron chi connectivity index (χ2n) is 5.86. The SMILES string of the molecule is CC(C)(C)OC(=O)CCCCCCCCOCCN. The van der Waals surface area contributed by atoms with Gasteiger partial charge in [0.05, 0.1) is 6.61 Å². The van der Waals surface area contributed by atoms with Crippen LogP contribution in [0.3, 0.4) is 0 Å². The summed E-state index contributed by atoms with van der Waals surface area (Å²) in [6, 6.07) is 0. The van der Waals surface area contributed by atoms with E-state index >= 15 is 0 Å². The monoisotopic (exact) mass is 273 g/mol. The lowest BCUT2D eigenvalue weighted by molar-refractivity contribution is -0.154. The van der Waals surface area contributed by atoms with Crippen molar-refractivity contribution in [1.29, 1.82) is 0 Å². The molecule has 19 heavy (non-hydrogen) atoms. The van der Waals surface area contributed by atoms with E-state index in [0.29, 0.717) is 19.6 Å². The zero-order valence-corrected chi connectivity index (χ0v) is 12.9. The summed E-state index contributed by atoms with van der Waals surface area (Å²) in [6.45, 7) is 7.78. The summed E-state index contributed by atoms with van der Waals surface area (Å²) in [4.78, 5) is 11.4. The minimum Gasteiger partial charge on any atom is -0.460 e. The van der Waals surface area contributed by atoms with Crippen LogP contribution in [-0.4, -0.2) is 31.3 Å². The number of rotatable bonds is 11. The van der Waals surface area contributed by atoms with Crippen LogP contribution in [0.2, 0.25) is 0 Å². The lowest BCUT2D eigenvalue weighted by Crippen LogP contribution is -2.23. The maximum Gasteiger partial charge on any atom is 0.306 e. The van der Waals surface area contributed by atoms with Crippen molar-refractivity contribution in [2.45, 2.75) is 71.3 Å². The quantitative estimate of drug-likeness (QED) is 0.464. The smallest absolute Gasteiger partial charge is 0.306 e. The number of nitrogens with two attached hydrogens (primary N) is 1. The van der Waals surface area contributed by atoms with Crippen LogP contribution in [0.5, 0.6) is 0 Å². The molecular formula is C15H31NO3. The fraction of sp³-hybridized carbons (Fsp3) is 0.933. The average Bonchev–Trinajstić information content (AvgIpc) is 2.29. The van der Waals surface area contributed by atoms with Gasteiger partial charge in [0, 0.05) is 19.6 Å². The van der Waals surface area contributed by atoms with Crippen LogP contribution in [0.4, 0.5) is 0 Å². The van der Waals surface area contributed by atoms with Gasteiger partial charge in [0.25, 0.3) is 0 Å². The van der Waals surface area contributed by atoms with Gasteiger partial charge in [-0.25, -0.2) is 0 Å². The predicted molar refractivity (Wildman–Crippen MR) is 78.0 cm³/mol. The van der Waals surface area contributed by atoms with E-state index in [1.165, 1.54) is 19.3 Å². The van der Waals surface area contributed by atoms with Crippen LogP contribution in [0.25, 0.3) is 0 Å². The molecule has 0 spiro atoms. The molecule has 114 valence electrons. The van der Waals surface area contributed by atoms with Crippen molar-refractivity contribution in [3.05, 3.63) is 0 Å². The topological polar surface area (TPSA) is 61.5 Å². The van der Waals surface area contributed by atoms with Crippen molar-refractivity contribution in [3.8, 4) is 0 Å². The van der Waals surface area contributed by atoms with Crippen molar-refractivity contribution in [2.24, 2.45) is 5.73 Å². The Morgan fingerprint density at radius 3 is 2.11 bits per heavy atom. The Balaban J connectivity index is 3.21. The summed E-state index contributed by atoms with van der Waals surface area (Å²) >= 11 is 0. The molecule has 0 radical (unpaired) electrons. The summed E-state index contributed by atoms with van der Waals surface area (Å²) < 4.78 is 10.6. The maximum atomic E-state index is 11.4. The minimum absolute atomic E-state index is 0.0808. The van der Waals surface area contributed by atoms with Crippen LogP contribution < -0.4 is 5.73 Å². The van der Waals surface area contributed by atoms with Crippen molar-refractivity contribution in [3.63, 3.8) is 0 Å². The molecule has 0 saturated heterocycles. The second kappa shape index (κ2) is 11.2. The first kappa shape index (κ1) is 18.4. The molecule has 2 N–H and O–H groups in total. The first-order valence-corrected chi connectivity index (χ1v) is 7.45. The van der Waals surface area contributed by atoms with E-state index in [0.717, 1.165) is 25.9 Å². The molecule has 0 aliphatic heterocycles. The lowest BCUT2D eigenvalue weighted by Gasteiger charge is -2.19. The Bertz CT molecular complexity index is 224. The van der Waals surface area contributed by atoms with Crippen LogP contribution in [0.1, 0.15) is 65.7 Å². The molecule has 0 unspecified atom stereocenters. The van der Waals surface area contributed by atoms with Crippen LogP contribution in [0, 0.1) is 0 Å². The molecule has 0 amide bonds. The number of ether oxygens (including phenoxy) is 2. The molecule has 0 aliphatic carbocycles. The van der Waals surface area contributed by atoms with Crippen LogP contribution in [0.15, 0.2) is 0 Å². The third-order valence-corrected chi connectivity index (χ3v) is 2.60. The summed E-state index contributed by atoms with van der Waals surface area (Å²) in [5.74, 6) is -0.0808. The number of carbonyl (C=O) groups excluding carboxylic acids is 1. The Kier molecular flexibility index (Phi) is 10.9. The summed E-state index contributed by atoms with van der Waals surface area (Å²) in [5.41, 5.74) is 4.96. The zero-order valence-electron chi connectivity index (χ0n) is 12.9. The van der Waals surface area contributed by atoms with Gasteiger partial charge < -0.3 is 15.2 Å². The fourth-order valence-electron chi connectivity index (χ4n) is 1.76. The number of carbonyl (C=O) groups is 1. The Morgan fingerprint density at radius 2 is 1.53 bits per heavy atom. The van der Waals surface area contributed by atoms with Gasteiger partial charge in [-0.1, -0.05) is 25.7 Å². The van der Waals surface area contributed by atoms with Gasteiger partial charge in [-0.15, -0.1) is 0 Å². The molecule has 0 rings (SSSR count). The highest BCUT2D eigenvalue weighted by atomic mass is 16.6. The molecule has 0 aliphatic rings. The number of hydrogen-bond donors (Lipinski definition) is 1. The largest absolute Gasteiger partial charge is 0.460 e. The summed E-state index contributed by atoms with van der Waals surface area (Å²) in [7, 11) is 0. The molecule has 0 saturated carbocycles. The highest BCUT2D eigenvalue weighted by Crippen LogP contribution is 2.12. The van der Waals surface area contributed by atoms with Gasteiger partial charge in [0.1, 0.15) is 5.60 Å². The van der Waals surface area contributed by atoms with Crippen LogP contribution >= 0.6 is 0 Å². The summed E-state index contributed by atoms with van der Waals surface area (Å²) in [6.07, 6.45) is 7.25. The summed E-state index contributed by atoms with van der Waals surface area (Å²) in [5, 5.41) is 0. The second-order valence-corrected chi connectivity index (χ2v) is 5.86. The van der Waals surface area contributed by atoms with Gasteiger partial charge in [0.2, 0.25) is 0 Å². The van der Waals surface area contributed by atoms with Gasteiger partial charge in [0.15, 0.2) is 0 Å². The number of unbranched alkanes of at least 4 members (excludes halogenated alkanes) is 5. The van der Waals surface area contributed by atoms with E-state index in [9.17, 15) is 4.79 Å². The van der Waals surface area contributed by atoms with Crippen LogP contribution in [-0.2, 0) is 14.3 Å². The zero-order chi connectivity index (χ0) is 14.6. The third kappa shape index (κ3) is 15.3. The number of esters is 1. The van der Waals surface area contributed by atoms with Gasteiger partial charge in [-0.05, 0) is 33.6 Å². The molecule has 0 aromatic carbocycles. The maximum absolute atomic E-state index is 11.4. The third-order valence-electron chi connectivity index (χ3n) is 2.60. The lowest BCUT2D eigenvalue weighted by atomic mass is 10.1. The van der Waals surface area contributed by atoms with Gasteiger partial charge in [-0.2, -0.15) is 0 Å². The van der Waals surface area contributed by atoms with Gasteiger partial charge in [-0.3, -0.25) is 4.79 Å². The standard InChI is InChI=1S/C15H31NO3/c1-15(2,3)19-14(17)10-8-6-4-5-7-9-12-18-13-11-16/h4-13,16H2,1-3H3. The fourth-order valence-corrected chi connectivity index (χ4v) is 1.76. The van der Waals surface area contributed by atoms with Crippen molar-refractivity contribution >= 4 is 5.97 Å². The molecule has 0 aromatic heterocycles. The van der Waals surface area contributed by atoms with E-state index in [1.54, 1.807) is 0 Å². The van der Waals surface area contributed by atoms with E-state index in [4.69, 9.17) is 15.2 Å². The first-order chi connectivity index (χ1) is 8.95. The predicted octanol–water partition coefficient (Wildman–Crippen LogP) is 3.03. The van der Waals surface area contributed by atoms with Gasteiger partial charge >= 0.3 is 5.97 Å². The Hall–Kier alpha value is -0.610. The molecule has 4 heteroatoms. The normalized spacial score (nSPS) is 11.6. The highest BCUT2D eigenvalue weighted by Gasteiger charge is 2.15. The highest BCUT2D eigenvalue weighted by molar-refractivity contribution is 5.69. The Labute approximate surface area is 118 Å². The van der Waals surface area contributed by atoms with E-state index in [1.807, 2.05) is 20.8 Å². The molecule has 0 aromatic rings. The van der Waals surface area contributed by atoms with Crippen molar-refractivity contribution in [1.82, 2.24) is 0 Å². The molecule has 0 atom stereocenters. The van der Waals surface area contributed by atoms with Crippen molar-refractivity contribution in [2.75, 3.05) is 19.8 Å². The van der Waals surface area contributed by atoms with E-state index < -0.39 is 0 Å². The average molecular weight is 273 g/mol. The van der Waals surface area contributed by atoms with Crippen molar-refractivity contribution < 1.29 is 14.3 Å². The molecule has 0 bridgehead atoms. The van der Waals surface area contributed by atoms with E-state index in [2.05, 4.69) is 0 Å². The molecule has 0 heterocycles. The number of hydrogen-bond acceptors (Lipinski definition) is 4. The molecule has 0 fully saturated rings. The minimum atomic E-state index is -0.361. The molecule has 4 nitrogen and oxygen atoms in total. The first-order valence-electron chi connectivity index (χ1n) is 7.45. The molecular weight excluding hydrogens is 242 g/mol. The Morgan fingerprint density at radius 1 is 0.947 bits per heavy atom. The van der Waals surface area contributed by atoms with E-state index in [-0.39, 0.29) is 11.6 Å².